The smallest absolute Gasteiger partial charge is 0.346 e. The Bertz CT molecular complexity index is 1760. The molecule has 0 heterocycles. The van der Waals surface area contributed by atoms with Gasteiger partial charge in [-0.25, -0.2) is 9.59 Å². The van der Waals surface area contributed by atoms with Crippen molar-refractivity contribution in [3.05, 3.63) is 132 Å². The highest BCUT2D eigenvalue weighted by Gasteiger charge is 2.47. The van der Waals surface area contributed by atoms with E-state index in [4.69, 9.17) is 9.47 Å². The summed E-state index contributed by atoms with van der Waals surface area (Å²) in [5.41, 5.74) is 1.55. The molecular formula is C65H96O4P+. The third-order valence-electron chi connectivity index (χ3n) is 14.3. The van der Waals surface area contributed by atoms with Crippen molar-refractivity contribution in [2.45, 2.75) is 219 Å². The highest BCUT2D eigenvalue weighted by Crippen LogP contribution is 2.58. The molecule has 0 atom stereocenters. The predicted molar refractivity (Wildman–Crippen MR) is 304 cm³/mol. The van der Waals surface area contributed by atoms with Crippen LogP contribution in [0.5, 0.6) is 0 Å². The van der Waals surface area contributed by atoms with Crippen LogP contribution < -0.4 is 15.9 Å². The minimum absolute atomic E-state index is 0.0337. The summed E-state index contributed by atoms with van der Waals surface area (Å²) < 4.78 is 12.3. The zero-order valence-electron chi connectivity index (χ0n) is 44.4. The van der Waals surface area contributed by atoms with Crippen molar-refractivity contribution in [2.24, 2.45) is 0 Å². The number of benzene rings is 4. The van der Waals surface area contributed by atoms with Gasteiger partial charge in [0.25, 0.3) is 0 Å². The van der Waals surface area contributed by atoms with Gasteiger partial charge in [0, 0.05) is 5.57 Å². The summed E-state index contributed by atoms with van der Waals surface area (Å²) in [5.74, 6) is -1.16. The van der Waals surface area contributed by atoms with Gasteiger partial charge >= 0.3 is 11.9 Å². The van der Waals surface area contributed by atoms with E-state index in [-0.39, 0.29) is 18.8 Å². The zero-order chi connectivity index (χ0) is 49.4. The van der Waals surface area contributed by atoms with Gasteiger partial charge in [-0.15, -0.1) is 0 Å². The first-order chi connectivity index (χ1) is 34.6. The van der Waals surface area contributed by atoms with E-state index in [0.29, 0.717) is 11.7 Å². The molecular weight excluding hydrogens is 876 g/mol. The molecule has 0 N–H and O–H groups in total. The van der Waals surface area contributed by atoms with E-state index >= 15 is 0 Å². The lowest BCUT2D eigenvalue weighted by atomic mass is 10.0. The van der Waals surface area contributed by atoms with Crippen LogP contribution in [0.3, 0.4) is 0 Å². The highest BCUT2D eigenvalue weighted by molar-refractivity contribution is 7.96. The van der Waals surface area contributed by atoms with Crippen LogP contribution in [0, 0.1) is 0 Å². The Labute approximate surface area is 429 Å². The summed E-state index contributed by atoms with van der Waals surface area (Å²) in [5, 5.41) is 3.55. The second kappa shape index (κ2) is 38.6. The van der Waals surface area contributed by atoms with E-state index in [1.165, 1.54) is 183 Å². The molecule has 0 spiro atoms. The minimum atomic E-state index is -2.51. The van der Waals surface area contributed by atoms with Crippen LogP contribution in [0.2, 0.25) is 0 Å². The molecule has 0 aromatic heterocycles. The van der Waals surface area contributed by atoms with E-state index in [1.807, 2.05) is 30.3 Å². The number of carbonyl (C=O) groups is 2. The van der Waals surface area contributed by atoms with Crippen molar-refractivity contribution in [2.75, 3.05) is 19.4 Å². The number of unbranched alkanes of at least 4 members (excludes halogenated alkanes) is 30. The summed E-state index contributed by atoms with van der Waals surface area (Å²) in [6, 6.07) is 42.0. The van der Waals surface area contributed by atoms with Crippen LogP contribution in [0.4, 0.5) is 0 Å². The topological polar surface area (TPSA) is 52.6 Å². The van der Waals surface area contributed by atoms with Gasteiger partial charge in [0.2, 0.25) is 0 Å². The Kier molecular flexibility index (Phi) is 32.3. The van der Waals surface area contributed by atoms with E-state index < -0.39 is 19.2 Å². The summed E-state index contributed by atoms with van der Waals surface area (Å²) in [7, 11) is -2.51. The Morgan fingerprint density at radius 1 is 0.329 bits per heavy atom. The van der Waals surface area contributed by atoms with Crippen molar-refractivity contribution >= 4 is 40.7 Å². The zero-order valence-corrected chi connectivity index (χ0v) is 45.3. The number of carbonyl (C=O) groups excluding carboxylic acids is 2. The van der Waals surface area contributed by atoms with Gasteiger partial charge < -0.3 is 9.47 Å². The molecule has 4 aromatic carbocycles. The Morgan fingerprint density at radius 3 is 0.843 bits per heavy atom. The second-order valence-electron chi connectivity index (χ2n) is 20.1. The van der Waals surface area contributed by atoms with Gasteiger partial charge in [-0.05, 0) is 54.8 Å². The second-order valence-corrected chi connectivity index (χ2v) is 23.6. The Morgan fingerprint density at radius 2 is 0.571 bits per heavy atom. The first kappa shape index (κ1) is 58.6. The van der Waals surface area contributed by atoms with Crippen molar-refractivity contribution in [1.82, 2.24) is 0 Å². The summed E-state index contributed by atoms with van der Waals surface area (Å²) in [4.78, 5) is 29.3. The number of hydrogen-bond donors (Lipinski definition) is 0. The van der Waals surface area contributed by atoms with Crippen LogP contribution in [0.25, 0.3) is 5.57 Å². The minimum Gasteiger partial charge on any atom is -0.462 e. The van der Waals surface area contributed by atoms with E-state index in [0.717, 1.165) is 44.1 Å². The lowest BCUT2D eigenvalue weighted by Crippen LogP contribution is -2.34. The number of rotatable bonds is 42. The van der Waals surface area contributed by atoms with E-state index in [9.17, 15) is 9.59 Å². The molecule has 0 saturated heterocycles. The van der Waals surface area contributed by atoms with Gasteiger partial charge in [-0.1, -0.05) is 291 Å². The van der Waals surface area contributed by atoms with Gasteiger partial charge in [-0.3, -0.25) is 0 Å². The molecule has 0 radical (unpaired) electrons. The average Bonchev–Trinajstić information content (AvgIpc) is 3.40. The fraction of sp³-hybridized carbons (Fsp3) is 0.569. The van der Waals surface area contributed by atoms with Crippen molar-refractivity contribution in [1.29, 1.82) is 0 Å². The third-order valence-corrected chi connectivity index (χ3v) is 18.6. The number of hydrogen-bond acceptors (Lipinski definition) is 4. The van der Waals surface area contributed by atoms with E-state index in [2.05, 4.69) is 105 Å². The molecule has 70 heavy (non-hydrogen) atoms. The molecule has 4 aromatic rings. The van der Waals surface area contributed by atoms with Crippen LogP contribution in [-0.2, 0) is 19.1 Å². The monoisotopic (exact) mass is 972 g/mol. The first-order valence-electron chi connectivity index (χ1n) is 28.8. The highest BCUT2D eigenvalue weighted by atomic mass is 31.2. The standard InChI is InChI=1S/C65H96O4P/c1-3-5-7-9-11-13-15-17-19-21-23-25-27-29-31-45-55-68-64(66)63(65(67)69-56-46-32-30-28-26-24-22-20-18-16-14-12-10-8-6-4-2)62(58-47-37-33-38-48-58)57-70(59-49-39-34-40-50-59,60-51-41-35-42-52-60)61-53-43-36-44-54-61/h33-44,47-54H,3-32,45-46,55-57H2,1-2H3/q+1. The van der Waals surface area contributed by atoms with Gasteiger partial charge in [0.05, 0.1) is 13.2 Å². The van der Waals surface area contributed by atoms with Crippen molar-refractivity contribution < 1.29 is 19.1 Å². The molecule has 5 heteroatoms. The molecule has 4 rings (SSSR count). The maximum Gasteiger partial charge on any atom is 0.346 e. The lowest BCUT2D eigenvalue weighted by molar-refractivity contribution is -0.147. The molecule has 0 bridgehead atoms. The SMILES string of the molecule is CCCCCCCCCCCCCCCCCCOC(=O)C(C(=O)OCCCCCCCCCCCCCCCCCC)=C(C[P+](c1ccccc1)(c1ccccc1)c1ccccc1)c1ccccc1. The summed E-state index contributed by atoms with van der Waals surface area (Å²) in [6.45, 7) is 5.14. The fourth-order valence-corrected chi connectivity index (χ4v) is 14.4. The number of ether oxygens (including phenoxy) is 2. The molecule has 0 amide bonds. The molecule has 0 aliphatic rings. The average molecular weight is 972 g/mol. The van der Waals surface area contributed by atoms with Gasteiger partial charge in [-0.2, -0.15) is 0 Å². The van der Waals surface area contributed by atoms with E-state index in [1.54, 1.807) is 0 Å². The Hall–Kier alpha value is -4.01. The maximum absolute atomic E-state index is 14.7. The quantitative estimate of drug-likeness (QED) is 0.0111. The first-order valence-corrected chi connectivity index (χ1v) is 30.8. The summed E-state index contributed by atoms with van der Waals surface area (Å²) >= 11 is 0. The third kappa shape index (κ3) is 23.0. The van der Waals surface area contributed by atoms with Crippen LogP contribution in [0.15, 0.2) is 127 Å². The maximum atomic E-state index is 14.7. The van der Waals surface area contributed by atoms with Crippen LogP contribution in [0.1, 0.15) is 225 Å². The lowest BCUT2D eigenvalue weighted by Gasteiger charge is -2.29. The Balaban J connectivity index is 1.41. The molecule has 0 saturated carbocycles. The largest absolute Gasteiger partial charge is 0.462 e. The molecule has 0 aliphatic carbocycles. The van der Waals surface area contributed by atoms with Crippen LogP contribution >= 0.6 is 7.26 Å². The molecule has 0 fully saturated rings. The fourth-order valence-electron chi connectivity index (χ4n) is 10.1. The van der Waals surface area contributed by atoms with Gasteiger partial charge in [0.1, 0.15) is 29.3 Å². The summed E-state index contributed by atoms with van der Waals surface area (Å²) in [6.07, 6.45) is 41.4. The molecule has 4 nitrogen and oxygen atoms in total. The molecule has 0 unspecified atom stereocenters. The van der Waals surface area contributed by atoms with Gasteiger partial charge in [0.15, 0.2) is 5.57 Å². The van der Waals surface area contributed by atoms with Crippen molar-refractivity contribution in [3.8, 4) is 0 Å². The molecule has 384 valence electrons. The number of allylic oxidation sites excluding steroid dienone is 1. The van der Waals surface area contributed by atoms with Crippen LogP contribution in [-0.4, -0.2) is 31.3 Å². The predicted octanol–water partition coefficient (Wildman–Crippen LogP) is 18.0. The normalized spacial score (nSPS) is 11.4. The van der Waals surface area contributed by atoms with Crippen molar-refractivity contribution in [3.63, 3.8) is 0 Å². The number of esters is 2. The molecule has 0 aliphatic heterocycles.